The molecule has 2 heterocycles. The molecule has 4 aliphatic rings. The van der Waals surface area contributed by atoms with E-state index in [2.05, 4.69) is 10.6 Å². The van der Waals surface area contributed by atoms with Crippen LogP contribution >= 0.6 is 0 Å². The minimum Gasteiger partial charge on any atom is -0.394 e. The van der Waals surface area contributed by atoms with Crippen molar-refractivity contribution in [1.29, 1.82) is 0 Å². The number of carbonyl (C=O) groups excluding carboxylic acids is 1. The van der Waals surface area contributed by atoms with Gasteiger partial charge in [-0.2, -0.15) is 0 Å². The second-order valence-electron chi connectivity index (χ2n) is 12.9. The lowest BCUT2D eigenvalue weighted by Crippen LogP contribution is -2.72. The fraction of sp³-hybridized carbons (Fsp3) is 0.963. The normalized spacial score (nSPS) is 48.0. The van der Waals surface area contributed by atoms with Crippen LogP contribution in [-0.2, 0) is 19.0 Å². The molecule has 0 spiro atoms. The summed E-state index contributed by atoms with van der Waals surface area (Å²) in [5.41, 5.74) is 29.9. The number of hydrogen-bond donors (Lipinski definition) is 14. The third-order valence-electron chi connectivity index (χ3n) is 9.76. The second kappa shape index (κ2) is 15.8. The van der Waals surface area contributed by atoms with Crippen LogP contribution < -0.4 is 39.3 Å². The molecule has 0 aromatic rings. The predicted octanol–water partition coefficient (Wildman–Crippen LogP) is -7.82. The number of amides is 1. The first-order chi connectivity index (χ1) is 21.3. The number of ether oxygens (including phenoxy) is 3. The maximum atomic E-state index is 12.8. The van der Waals surface area contributed by atoms with E-state index in [1.54, 1.807) is 0 Å². The number of aliphatic hydroxyl groups excluding tert-OH is 7. The van der Waals surface area contributed by atoms with Crippen LogP contribution in [0.3, 0.4) is 0 Å². The summed E-state index contributed by atoms with van der Waals surface area (Å²) in [5.74, 6) is -1.54. The molecule has 16 atom stereocenters. The maximum Gasteiger partial charge on any atom is 0.249 e. The zero-order valence-electron chi connectivity index (χ0n) is 25.2. The first-order valence-corrected chi connectivity index (χ1v) is 15.7. The van der Waals surface area contributed by atoms with Crippen molar-refractivity contribution in [2.45, 2.75) is 123 Å². The molecule has 1 amide bonds. The Morgan fingerprint density at radius 2 is 1.60 bits per heavy atom. The number of nitrogens with one attached hydrogen (secondary N) is 2. The van der Waals surface area contributed by atoms with E-state index in [9.17, 15) is 40.5 Å². The van der Waals surface area contributed by atoms with Gasteiger partial charge in [0.1, 0.15) is 42.7 Å². The van der Waals surface area contributed by atoms with Crippen LogP contribution in [0.4, 0.5) is 0 Å². The van der Waals surface area contributed by atoms with Gasteiger partial charge in [0, 0.05) is 24.5 Å². The van der Waals surface area contributed by atoms with E-state index in [1.165, 1.54) is 0 Å². The van der Waals surface area contributed by atoms with Gasteiger partial charge in [-0.1, -0.05) is 0 Å². The molecule has 18 nitrogen and oxygen atoms in total. The molecule has 19 N–H and O–H groups in total. The highest BCUT2D eigenvalue weighted by Crippen LogP contribution is 2.38. The van der Waals surface area contributed by atoms with E-state index in [0.717, 1.165) is 12.8 Å². The zero-order chi connectivity index (χ0) is 33.2. The maximum absolute atomic E-state index is 12.8. The molecule has 0 radical (unpaired) electrons. The molecule has 45 heavy (non-hydrogen) atoms. The lowest BCUT2D eigenvalue weighted by atomic mass is 9.71. The molecule has 0 aromatic heterocycles. The molecule has 18 heteroatoms. The van der Waals surface area contributed by atoms with Crippen molar-refractivity contribution in [3.05, 3.63) is 0 Å². The first kappa shape index (κ1) is 36.7. The molecular weight excluding hydrogens is 598 g/mol. The number of aliphatic hydroxyl groups is 7. The molecule has 2 saturated carbocycles. The van der Waals surface area contributed by atoms with E-state index >= 15 is 0 Å². The van der Waals surface area contributed by atoms with Crippen LogP contribution in [0.1, 0.15) is 25.7 Å². The summed E-state index contributed by atoms with van der Waals surface area (Å²) >= 11 is 0. The Kier molecular flexibility index (Phi) is 12.9. The number of carbonyl (C=O) groups is 1. The topological polar surface area (TPSA) is 341 Å². The highest BCUT2D eigenvalue weighted by atomic mass is 16.7. The molecule has 2 saturated heterocycles. The quantitative estimate of drug-likeness (QED) is 0.0931. The summed E-state index contributed by atoms with van der Waals surface area (Å²) in [6.45, 7) is -0.302. The summed E-state index contributed by atoms with van der Waals surface area (Å²) in [4.78, 5) is 12.8. The third-order valence-corrected chi connectivity index (χ3v) is 9.76. The minimum absolute atomic E-state index is 0.0234. The van der Waals surface area contributed by atoms with Gasteiger partial charge in [-0.25, -0.2) is 0 Å². The SMILES string of the molecule is NCC[C@H](O)C(=O)N[C@@H]1C[C@H](N)C([C@H]2O[C@H](CN)[C@@H](O)[C@H](O)[C@H]2NCC2CC(N)C2)[C@H](O)[C@H]1O[C@H]1O[C@H](CO)[C@@H](O)[C@H](N)[C@H]1O. The highest BCUT2D eigenvalue weighted by molar-refractivity contribution is 5.80. The van der Waals surface area contributed by atoms with Crippen LogP contribution in [0.15, 0.2) is 0 Å². The lowest BCUT2D eigenvalue weighted by molar-refractivity contribution is -0.307. The number of hydrogen-bond acceptors (Lipinski definition) is 17. The fourth-order valence-electron chi connectivity index (χ4n) is 7.01. The van der Waals surface area contributed by atoms with Gasteiger partial charge in [0.2, 0.25) is 5.91 Å². The van der Waals surface area contributed by atoms with Gasteiger partial charge < -0.3 is 89.3 Å². The van der Waals surface area contributed by atoms with Gasteiger partial charge in [-0.3, -0.25) is 4.79 Å². The molecule has 2 aliphatic carbocycles. The zero-order valence-corrected chi connectivity index (χ0v) is 25.2. The fourth-order valence-corrected chi connectivity index (χ4v) is 7.01. The first-order valence-electron chi connectivity index (χ1n) is 15.7. The summed E-state index contributed by atoms with van der Waals surface area (Å²) in [6, 6.07) is -4.01. The molecule has 4 fully saturated rings. The van der Waals surface area contributed by atoms with Gasteiger partial charge in [-0.15, -0.1) is 0 Å². The smallest absolute Gasteiger partial charge is 0.249 e. The van der Waals surface area contributed by atoms with E-state index in [1.807, 2.05) is 0 Å². The van der Waals surface area contributed by atoms with Crippen LogP contribution in [0, 0.1) is 11.8 Å². The Hall–Kier alpha value is -1.17. The Morgan fingerprint density at radius 1 is 0.911 bits per heavy atom. The Labute approximate surface area is 261 Å². The lowest BCUT2D eigenvalue weighted by Gasteiger charge is -2.53. The average molecular weight is 652 g/mol. The Morgan fingerprint density at radius 3 is 2.20 bits per heavy atom. The van der Waals surface area contributed by atoms with Crippen molar-refractivity contribution >= 4 is 5.91 Å². The van der Waals surface area contributed by atoms with E-state index in [0.29, 0.717) is 6.54 Å². The van der Waals surface area contributed by atoms with Crippen LogP contribution in [0.2, 0.25) is 0 Å². The van der Waals surface area contributed by atoms with Crippen molar-refractivity contribution in [1.82, 2.24) is 10.6 Å². The largest absolute Gasteiger partial charge is 0.394 e. The molecule has 2 aliphatic heterocycles. The van der Waals surface area contributed by atoms with Gasteiger partial charge in [0.25, 0.3) is 0 Å². The van der Waals surface area contributed by atoms with Crippen molar-refractivity contribution < 1.29 is 54.8 Å². The Balaban J connectivity index is 1.63. The molecule has 4 rings (SSSR count). The summed E-state index contributed by atoms with van der Waals surface area (Å²) < 4.78 is 17.9. The van der Waals surface area contributed by atoms with Crippen molar-refractivity contribution in [3.8, 4) is 0 Å². The third kappa shape index (κ3) is 7.94. The minimum atomic E-state index is -1.60. The summed E-state index contributed by atoms with van der Waals surface area (Å²) in [5, 5.41) is 80.8. The van der Waals surface area contributed by atoms with Crippen molar-refractivity contribution in [2.24, 2.45) is 40.5 Å². The molecular formula is C27H53N7O11. The second-order valence-corrected chi connectivity index (χ2v) is 12.9. The van der Waals surface area contributed by atoms with Gasteiger partial charge in [0.15, 0.2) is 6.29 Å². The van der Waals surface area contributed by atoms with Crippen LogP contribution in [0.25, 0.3) is 0 Å². The molecule has 0 bridgehead atoms. The summed E-state index contributed by atoms with van der Waals surface area (Å²) in [7, 11) is 0. The monoisotopic (exact) mass is 651 g/mol. The average Bonchev–Trinajstić information content (AvgIpc) is 2.99. The van der Waals surface area contributed by atoms with Gasteiger partial charge in [-0.05, 0) is 44.7 Å². The highest BCUT2D eigenvalue weighted by Gasteiger charge is 2.56. The van der Waals surface area contributed by atoms with E-state index < -0.39 is 110 Å². The summed E-state index contributed by atoms with van der Waals surface area (Å²) in [6.07, 6.45) is -13.3. The van der Waals surface area contributed by atoms with Gasteiger partial charge >= 0.3 is 0 Å². The molecule has 0 aromatic carbocycles. The van der Waals surface area contributed by atoms with Crippen LogP contribution in [-0.4, -0.2) is 165 Å². The van der Waals surface area contributed by atoms with Crippen LogP contribution in [0.5, 0.6) is 0 Å². The van der Waals surface area contributed by atoms with E-state index in [4.69, 9.17) is 42.9 Å². The van der Waals surface area contributed by atoms with Crippen molar-refractivity contribution in [3.63, 3.8) is 0 Å². The number of nitrogens with two attached hydrogens (primary N) is 5. The van der Waals surface area contributed by atoms with E-state index in [-0.39, 0.29) is 37.9 Å². The number of rotatable bonds is 12. The van der Waals surface area contributed by atoms with Gasteiger partial charge in [0.05, 0.1) is 43.0 Å². The molecule has 262 valence electrons. The standard InChI is InChI=1S/C27H53N7O11/c28-2-1-13(36)26(42)34-12-5-11(31)16(21(39)24(12)45-27-22(40)17(32)19(37)15(8-35)44-27)25-18(33-7-9-3-10(30)4-9)23(41)20(38)14(6-29)43-25/h9-25,27,33,35-41H,1-8,28-32H2,(H,34,42)/t9?,10?,11-,12+,13-,14+,15+,16?,17-,18+,19+,20+,21-,22+,23+,24-,25+,27+/m0/s1. The molecule has 1 unspecified atom stereocenters. The Bertz CT molecular complexity index is 953. The predicted molar refractivity (Wildman–Crippen MR) is 157 cm³/mol. The van der Waals surface area contributed by atoms with Crippen molar-refractivity contribution in [2.75, 3.05) is 26.2 Å².